The highest BCUT2D eigenvalue weighted by Gasteiger charge is 2.09. The van der Waals surface area contributed by atoms with Gasteiger partial charge in [0.25, 0.3) is 0 Å². The largest absolute Gasteiger partial charge is 0.381 e. The number of anilines is 1. The molecule has 1 aromatic rings. The van der Waals surface area contributed by atoms with Crippen molar-refractivity contribution in [2.75, 3.05) is 18.9 Å². The number of nitrogens with two attached hydrogens (primary N) is 1. The van der Waals surface area contributed by atoms with Crippen LogP contribution in [-0.2, 0) is 11.2 Å². The van der Waals surface area contributed by atoms with E-state index in [-0.39, 0.29) is 0 Å². The minimum atomic E-state index is 0.390. The average molecular weight is 235 g/mol. The van der Waals surface area contributed by atoms with E-state index in [1.165, 1.54) is 0 Å². The van der Waals surface area contributed by atoms with Crippen molar-refractivity contribution in [1.82, 2.24) is 5.16 Å². The molecule has 5 heteroatoms. The minimum Gasteiger partial charge on any atom is -0.381 e. The van der Waals surface area contributed by atoms with Crippen LogP contribution in [0.1, 0.15) is 12.7 Å². The Labute approximate surface area is 79.2 Å². The Hall–Kier alpha value is -0.550. The fourth-order valence-electron chi connectivity index (χ4n) is 0.792. The summed E-state index contributed by atoms with van der Waals surface area (Å²) in [5, 5.41) is 3.60. The molecule has 1 heterocycles. The molecule has 4 nitrogen and oxygen atoms in total. The first kappa shape index (κ1) is 9.54. The van der Waals surface area contributed by atoms with Gasteiger partial charge in [-0.1, -0.05) is 5.16 Å². The molecular weight excluding hydrogens is 224 g/mol. The van der Waals surface area contributed by atoms with Gasteiger partial charge in [-0.05, 0) is 22.9 Å². The van der Waals surface area contributed by atoms with Crippen molar-refractivity contribution < 1.29 is 9.26 Å². The highest BCUT2D eigenvalue weighted by Crippen LogP contribution is 2.23. The number of nitrogens with zero attached hydrogens (tertiary/aromatic N) is 1. The molecule has 0 aliphatic carbocycles. The van der Waals surface area contributed by atoms with Crippen molar-refractivity contribution >= 4 is 21.7 Å². The highest BCUT2D eigenvalue weighted by atomic mass is 79.9. The molecule has 0 amide bonds. The smallest absolute Gasteiger partial charge is 0.181 e. The first-order chi connectivity index (χ1) is 5.75. The maximum atomic E-state index is 5.45. The summed E-state index contributed by atoms with van der Waals surface area (Å²) in [7, 11) is 0. The first-order valence-electron chi connectivity index (χ1n) is 3.73. The van der Waals surface area contributed by atoms with E-state index in [1.54, 1.807) is 0 Å². The normalized spacial score (nSPS) is 10.5. The van der Waals surface area contributed by atoms with Crippen molar-refractivity contribution in [3.05, 3.63) is 10.2 Å². The van der Waals surface area contributed by atoms with Crippen molar-refractivity contribution in [1.29, 1.82) is 0 Å². The number of rotatable bonds is 4. The van der Waals surface area contributed by atoms with E-state index in [4.69, 9.17) is 15.0 Å². The molecule has 0 spiro atoms. The van der Waals surface area contributed by atoms with Crippen LogP contribution in [0.15, 0.2) is 9.00 Å². The Morgan fingerprint density at radius 1 is 1.67 bits per heavy atom. The van der Waals surface area contributed by atoms with Gasteiger partial charge in [0.1, 0.15) is 4.47 Å². The standard InChI is InChI=1S/C7H11BrN2O2/c1-2-11-4-3-5-6(8)7(9)10-12-5/h2-4H2,1H3,(H2,9,10). The van der Waals surface area contributed by atoms with Crippen LogP contribution in [0, 0.1) is 0 Å². The maximum Gasteiger partial charge on any atom is 0.181 e. The molecule has 0 aromatic carbocycles. The Kier molecular flexibility index (Phi) is 3.55. The number of hydrogen-bond donors (Lipinski definition) is 1. The Bertz CT molecular complexity index is 250. The van der Waals surface area contributed by atoms with Crippen LogP contribution in [0.2, 0.25) is 0 Å². The molecule has 0 fully saturated rings. The van der Waals surface area contributed by atoms with Crippen LogP contribution in [0.5, 0.6) is 0 Å². The fraction of sp³-hybridized carbons (Fsp3) is 0.571. The van der Waals surface area contributed by atoms with Crippen LogP contribution < -0.4 is 5.73 Å². The van der Waals surface area contributed by atoms with Gasteiger partial charge in [-0.3, -0.25) is 0 Å². The lowest BCUT2D eigenvalue weighted by molar-refractivity contribution is 0.145. The monoisotopic (exact) mass is 234 g/mol. The van der Waals surface area contributed by atoms with E-state index in [2.05, 4.69) is 21.1 Å². The summed E-state index contributed by atoms with van der Waals surface area (Å²) in [6, 6.07) is 0. The quantitative estimate of drug-likeness (QED) is 0.805. The molecule has 2 N–H and O–H groups in total. The van der Waals surface area contributed by atoms with E-state index in [9.17, 15) is 0 Å². The molecule has 0 aliphatic rings. The predicted octanol–water partition coefficient (Wildman–Crippen LogP) is 1.60. The summed E-state index contributed by atoms with van der Waals surface area (Å²) >= 11 is 3.27. The summed E-state index contributed by atoms with van der Waals surface area (Å²) in [6.45, 7) is 3.29. The average Bonchev–Trinajstić information content (AvgIpc) is 2.36. The molecular formula is C7H11BrN2O2. The predicted molar refractivity (Wildman–Crippen MR) is 48.8 cm³/mol. The molecule has 0 bridgehead atoms. The Morgan fingerprint density at radius 3 is 2.92 bits per heavy atom. The van der Waals surface area contributed by atoms with Gasteiger partial charge in [-0.2, -0.15) is 0 Å². The lowest BCUT2D eigenvalue weighted by Crippen LogP contribution is -1.97. The molecule has 0 saturated heterocycles. The van der Waals surface area contributed by atoms with Gasteiger partial charge in [-0.15, -0.1) is 0 Å². The second-order valence-electron chi connectivity index (χ2n) is 2.25. The lowest BCUT2D eigenvalue weighted by atomic mass is 10.3. The van der Waals surface area contributed by atoms with Gasteiger partial charge in [0.05, 0.1) is 6.61 Å². The maximum absolute atomic E-state index is 5.45. The third-order valence-electron chi connectivity index (χ3n) is 1.40. The molecule has 12 heavy (non-hydrogen) atoms. The second kappa shape index (κ2) is 4.47. The summed E-state index contributed by atoms with van der Waals surface area (Å²) < 4.78 is 10.8. The SMILES string of the molecule is CCOCCc1onc(N)c1Br. The summed E-state index contributed by atoms with van der Waals surface area (Å²) in [6.07, 6.45) is 0.693. The zero-order valence-corrected chi connectivity index (χ0v) is 8.43. The molecule has 0 atom stereocenters. The van der Waals surface area contributed by atoms with Crippen molar-refractivity contribution in [2.45, 2.75) is 13.3 Å². The van der Waals surface area contributed by atoms with Gasteiger partial charge in [-0.25, -0.2) is 0 Å². The van der Waals surface area contributed by atoms with E-state index >= 15 is 0 Å². The van der Waals surface area contributed by atoms with Crippen LogP contribution in [-0.4, -0.2) is 18.4 Å². The third-order valence-corrected chi connectivity index (χ3v) is 2.25. The highest BCUT2D eigenvalue weighted by molar-refractivity contribution is 9.10. The number of ether oxygens (including phenoxy) is 1. The second-order valence-corrected chi connectivity index (χ2v) is 3.04. The number of nitrogen functional groups attached to an aromatic ring is 1. The summed E-state index contributed by atoms with van der Waals surface area (Å²) in [4.78, 5) is 0. The zero-order chi connectivity index (χ0) is 8.97. The Morgan fingerprint density at radius 2 is 2.42 bits per heavy atom. The summed E-state index contributed by atoms with van der Waals surface area (Å²) in [5.74, 6) is 1.13. The van der Waals surface area contributed by atoms with Crippen LogP contribution >= 0.6 is 15.9 Å². The van der Waals surface area contributed by atoms with Crippen molar-refractivity contribution in [3.8, 4) is 0 Å². The van der Waals surface area contributed by atoms with Crippen molar-refractivity contribution in [3.63, 3.8) is 0 Å². The summed E-state index contributed by atoms with van der Waals surface area (Å²) in [5.41, 5.74) is 5.45. The first-order valence-corrected chi connectivity index (χ1v) is 4.52. The number of aromatic nitrogens is 1. The van der Waals surface area contributed by atoms with E-state index in [0.717, 1.165) is 10.2 Å². The van der Waals surface area contributed by atoms with Crippen molar-refractivity contribution in [2.24, 2.45) is 0 Å². The lowest BCUT2D eigenvalue weighted by Gasteiger charge is -1.96. The van der Waals surface area contributed by atoms with Gasteiger partial charge in [0, 0.05) is 13.0 Å². The van der Waals surface area contributed by atoms with Gasteiger partial charge >= 0.3 is 0 Å². The third kappa shape index (κ3) is 2.22. The fourth-order valence-corrected chi connectivity index (χ4v) is 1.13. The van der Waals surface area contributed by atoms with E-state index < -0.39 is 0 Å². The van der Waals surface area contributed by atoms with Crippen LogP contribution in [0.3, 0.4) is 0 Å². The zero-order valence-electron chi connectivity index (χ0n) is 6.84. The molecule has 1 aromatic heterocycles. The van der Waals surface area contributed by atoms with Gasteiger partial charge in [0.2, 0.25) is 0 Å². The molecule has 1 rings (SSSR count). The van der Waals surface area contributed by atoms with Crippen LogP contribution in [0.25, 0.3) is 0 Å². The molecule has 0 aliphatic heterocycles. The topological polar surface area (TPSA) is 61.3 Å². The molecule has 0 radical (unpaired) electrons. The minimum absolute atomic E-state index is 0.390. The molecule has 68 valence electrons. The van der Waals surface area contributed by atoms with E-state index in [0.29, 0.717) is 25.5 Å². The number of halogens is 1. The van der Waals surface area contributed by atoms with Gasteiger partial charge in [0.15, 0.2) is 11.6 Å². The Balaban J connectivity index is 2.46. The number of hydrogen-bond acceptors (Lipinski definition) is 4. The van der Waals surface area contributed by atoms with Crippen LogP contribution in [0.4, 0.5) is 5.82 Å². The van der Waals surface area contributed by atoms with Gasteiger partial charge < -0.3 is 15.0 Å². The van der Waals surface area contributed by atoms with E-state index in [1.807, 2.05) is 6.92 Å². The molecule has 0 saturated carbocycles. The molecule has 0 unspecified atom stereocenters.